The van der Waals surface area contributed by atoms with Crippen LogP contribution in [-0.4, -0.2) is 11.8 Å². The molecule has 1 heterocycles. The zero-order valence-electron chi connectivity index (χ0n) is 9.20. The van der Waals surface area contributed by atoms with Crippen LogP contribution >= 0.6 is 0 Å². The largest absolute Gasteiger partial charge is 0.399 e. The van der Waals surface area contributed by atoms with Gasteiger partial charge in [-0.25, -0.2) is 0 Å². The minimum atomic E-state index is 0.169. The molecular weight excluding hydrogens is 200 g/mol. The van der Waals surface area contributed by atoms with E-state index in [0.29, 0.717) is 11.7 Å². The Labute approximate surface area is 95.0 Å². The lowest BCUT2D eigenvalue weighted by molar-refractivity contribution is 0.0870. The predicted molar refractivity (Wildman–Crippen MR) is 64.6 cm³/mol. The standard InChI is InChI=1S/C13H16N2O/c14-8-5-6-12-10(7-8)13(16)9-3-1-2-4-11(9)15-12/h5-7,9,11,15H,1-4,14H2. The molecule has 2 aliphatic rings. The molecule has 2 atom stereocenters. The van der Waals surface area contributed by atoms with Crippen molar-refractivity contribution in [1.29, 1.82) is 0 Å². The molecule has 84 valence electrons. The maximum atomic E-state index is 12.3. The Kier molecular flexibility index (Phi) is 2.13. The molecule has 0 amide bonds. The Hall–Kier alpha value is -1.51. The van der Waals surface area contributed by atoms with Crippen molar-refractivity contribution in [2.45, 2.75) is 31.7 Å². The van der Waals surface area contributed by atoms with Crippen molar-refractivity contribution in [1.82, 2.24) is 0 Å². The summed E-state index contributed by atoms with van der Waals surface area (Å²) in [5, 5.41) is 3.48. The van der Waals surface area contributed by atoms with Crippen LogP contribution in [0.1, 0.15) is 36.0 Å². The van der Waals surface area contributed by atoms with Crippen LogP contribution in [0.15, 0.2) is 18.2 Å². The molecular formula is C13H16N2O. The zero-order chi connectivity index (χ0) is 11.1. The molecule has 3 nitrogen and oxygen atoms in total. The number of benzene rings is 1. The summed E-state index contributed by atoms with van der Waals surface area (Å²) in [7, 11) is 0. The lowest BCUT2D eigenvalue weighted by Crippen LogP contribution is -2.41. The molecule has 1 aliphatic heterocycles. The third-order valence-electron chi connectivity index (χ3n) is 3.75. The highest BCUT2D eigenvalue weighted by Crippen LogP contribution is 2.36. The molecule has 1 fully saturated rings. The van der Waals surface area contributed by atoms with Crippen LogP contribution in [0.25, 0.3) is 0 Å². The second-order valence-electron chi connectivity index (χ2n) is 4.81. The lowest BCUT2D eigenvalue weighted by Gasteiger charge is -2.36. The molecule has 3 rings (SSSR count). The first-order chi connectivity index (χ1) is 7.75. The van der Waals surface area contributed by atoms with Gasteiger partial charge in [0, 0.05) is 28.9 Å². The summed E-state index contributed by atoms with van der Waals surface area (Å²) in [5.41, 5.74) is 8.14. The number of carbonyl (C=O) groups excluding carboxylic acids is 1. The first-order valence-corrected chi connectivity index (χ1v) is 5.96. The number of nitrogens with one attached hydrogen (secondary N) is 1. The third-order valence-corrected chi connectivity index (χ3v) is 3.75. The topological polar surface area (TPSA) is 55.1 Å². The van der Waals surface area contributed by atoms with Gasteiger partial charge in [0.1, 0.15) is 0 Å². The molecule has 3 heteroatoms. The van der Waals surface area contributed by atoms with E-state index in [1.807, 2.05) is 12.1 Å². The van der Waals surface area contributed by atoms with Gasteiger partial charge in [-0.2, -0.15) is 0 Å². The second-order valence-corrected chi connectivity index (χ2v) is 4.81. The van der Waals surface area contributed by atoms with Gasteiger partial charge in [-0.3, -0.25) is 4.79 Å². The van der Waals surface area contributed by atoms with E-state index in [1.165, 1.54) is 12.8 Å². The Morgan fingerprint density at radius 1 is 1.25 bits per heavy atom. The fourth-order valence-electron chi connectivity index (χ4n) is 2.91. The number of ketones is 1. The van der Waals surface area contributed by atoms with Crippen molar-refractivity contribution < 1.29 is 4.79 Å². The maximum absolute atomic E-state index is 12.3. The average molecular weight is 216 g/mol. The Balaban J connectivity index is 2.03. The first kappa shape index (κ1) is 9.70. The summed E-state index contributed by atoms with van der Waals surface area (Å²) in [6.07, 6.45) is 4.53. The molecule has 1 saturated carbocycles. The predicted octanol–water partition coefficient (Wildman–Crippen LogP) is 2.44. The molecule has 0 spiro atoms. The van der Waals surface area contributed by atoms with Crippen molar-refractivity contribution in [3.8, 4) is 0 Å². The fourth-order valence-corrected chi connectivity index (χ4v) is 2.91. The highest BCUT2D eigenvalue weighted by Gasteiger charge is 2.36. The van der Waals surface area contributed by atoms with Crippen LogP contribution in [0.3, 0.4) is 0 Å². The SMILES string of the molecule is Nc1ccc2c(c1)C(=O)C1CCCCC1N2. The molecule has 0 aromatic heterocycles. The minimum absolute atomic E-state index is 0.169. The van der Waals surface area contributed by atoms with Crippen molar-refractivity contribution >= 4 is 17.2 Å². The zero-order valence-corrected chi connectivity index (χ0v) is 9.20. The smallest absolute Gasteiger partial charge is 0.170 e. The number of anilines is 2. The summed E-state index contributed by atoms with van der Waals surface area (Å²) in [4.78, 5) is 12.3. The summed E-state index contributed by atoms with van der Waals surface area (Å²) in [6.45, 7) is 0. The molecule has 0 bridgehead atoms. The van der Waals surface area contributed by atoms with Crippen LogP contribution < -0.4 is 11.1 Å². The average Bonchev–Trinajstić information content (AvgIpc) is 2.31. The number of hydrogen-bond donors (Lipinski definition) is 2. The van der Waals surface area contributed by atoms with Crippen molar-refractivity contribution in [3.63, 3.8) is 0 Å². The van der Waals surface area contributed by atoms with E-state index >= 15 is 0 Å². The normalized spacial score (nSPS) is 27.9. The van der Waals surface area contributed by atoms with Crippen molar-refractivity contribution in [2.75, 3.05) is 11.1 Å². The summed E-state index contributed by atoms with van der Waals surface area (Å²) in [5.74, 6) is 0.453. The maximum Gasteiger partial charge on any atom is 0.170 e. The van der Waals surface area contributed by atoms with Crippen LogP contribution in [0.5, 0.6) is 0 Å². The number of hydrogen-bond acceptors (Lipinski definition) is 3. The van der Waals surface area contributed by atoms with E-state index < -0.39 is 0 Å². The molecule has 2 unspecified atom stereocenters. The summed E-state index contributed by atoms with van der Waals surface area (Å²) >= 11 is 0. The molecule has 3 N–H and O–H groups in total. The summed E-state index contributed by atoms with van der Waals surface area (Å²) < 4.78 is 0. The van der Waals surface area contributed by atoms with E-state index in [1.54, 1.807) is 6.07 Å². The van der Waals surface area contributed by atoms with E-state index in [2.05, 4.69) is 5.32 Å². The third kappa shape index (κ3) is 1.39. The van der Waals surface area contributed by atoms with Crippen LogP contribution in [-0.2, 0) is 0 Å². The van der Waals surface area contributed by atoms with Gasteiger partial charge in [-0.05, 0) is 31.0 Å². The second kappa shape index (κ2) is 3.51. The fraction of sp³-hybridized carbons (Fsp3) is 0.462. The van der Waals surface area contributed by atoms with Gasteiger partial charge >= 0.3 is 0 Å². The highest BCUT2D eigenvalue weighted by atomic mass is 16.1. The van der Waals surface area contributed by atoms with Gasteiger partial charge in [0.2, 0.25) is 0 Å². The molecule has 1 aromatic carbocycles. The van der Waals surface area contributed by atoms with Gasteiger partial charge < -0.3 is 11.1 Å². The van der Waals surface area contributed by atoms with Gasteiger partial charge in [0.25, 0.3) is 0 Å². The molecule has 1 aromatic rings. The van der Waals surface area contributed by atoms with Gasteiger partial charge in [0.15, 0.2) is 5.78 Å². The van der Waals surface area contributed by atoms with Gasteiger partial charge in [-0.15, -0.1) is 0 Å². The number of rotatable bonds is 0. The summed E-state index contributed by atoms with van der Waals surface area (Å²) in [6, 6.07) is 5.92. The van der Waals surface area contributed by atoms with Gasteiger partial charge in [-0.1, -0.05) is 12.8 Å². The number of nitrogen functional groups attached to an aromatic ring is 1. The number of nitrogens with two attached hydrogens (primary N) is 1. The van der Waals surface area contributed by atoms with E-state index in [-0.39, 0.29) is 11.7 Å². The Morgan fingerprint density at radius 2 is 2.06 bits per heavy atom. The number of carbonyl (C=O) groups is 1. The van der Waals surface area contributed by atoms with Crippen LogP contribution in [0.4, 0.5) is 11.4 Å². The minimum Gasteiger partial charge on any atom is -0.399 e. The first-order valence-electron chi connectivity index (χ1n) is 5.96. The quantitative estimate of drug-likeness (QED) is 0.655. The molecule has 16 heavy (non-hydrogen) atoms. The molecule has 0 radical (unpaired) electrons. The lowest BCUT2D eigenvalue weighted by atomic mass is 9.77. The number of fused-ring (bicyclic) bond motifs is 2. The van der Waals surface area contributed by atoms with Crippen LogP contribution in [0.2, 0.25) is 0 Å². The van der Waals surface area contributed by atoms with Gasteiger partial charge in [0.05, 0.1) is 0 Å². The van der Waals surface area contributed by atoms with E-state index in [9.17, 15) is 4.79 Å². The highest BCUT2D eigenvalue weighted by molar-refractivity contribution is 6.05. The van der Waals surface area contributed by atoms with Crippen molar-refractivity contribution in [2.24, 2.45) is 5.92 Å². The Morgan fingerprint density at radius 3 is 2.94 bits per heavy atom. The van der Waals surface area contributed by atoms with Crippen LogP contribution in [0, 0.1) is 5.92 Å². The van der Waals surface area contributed by atoms with E-state index in [0.717, 1.165) is 24.1 Å². The Bertz CT molecular complexity index is 442. The monoisotopic (exact) mass is 216 g/mol. The molecule has 1 aliphatic carbocycles. The van der Waals surface area contributed by atoms with E-state index in [4.69, 9.17) is 5.73 Å². The molecule has 0 saturated heterocycles. The van der Waals surface area contributed by atoms with Crippen molar-refractivity contribution in [3.05, 3.63) is 23.8 Å². The number of Topliss-reactive ketones (excluding diaryl/α,β-unsaturated/α-hetero) is 1.